The minimum Gasteiger partial charge on any atom is -0.398 e. The first-order chi connectivity index (χ1) is 7.80. The largest absolute Gasteiger partial charge is 0.398 e. The van der Waals surface area contributed by atoms with Crippen LogP contribution in [0.25, 0.3) is 0 Å². The third-order valence-corrected chi connectivity index (χ3v) is 3.92. The van der Waals surface area contributed by atoms with Crippen molar-refractivity contribution in [2.75, 3.05) is 19.9 Å². The Morgan fingerprint density at radius 3 is 2.41 bits per heavy atom. The summed E-state index contributed by atoms with van der Waals surface area (Å²) in [6.45, 7) is 0. The predicted molar refractivity (Wildman–Crippen MR) is 61.3 cm³/mol. The van der Waals surface area contributed by atoms with Gasteiger partial charge in [-0.3, -0.25) is 9.63 Å². The van der Waals surface area contributed by atoms with Gasteiger partial charge in [0.2, 0.25) is 5.91 Å². The molecule has 0 spiro atoms. The third-order valence-electron chi connectivity index (χ3n) is 2.17. The van der Waals surface area contributed by atoms with Gasteiger partial charge in [-0.2, -0.15) is 0 Å². The molecule has 0 aliphatic rings. The van der Waals surface area contributed by atoms with Gasteiger partial charge in [0.15, 0.2) is 0 Å². The van der Waals surface area contributed by atoms with Gasteiger partial charge in [-0.25, -0.2) is 8.42 Å². The Kier molecular flexibility index (Phi) is 3.71. The Morgan fingerprint density at radius 2 is 2.00 bits per heavy atom. The highest BCUT2D eigenvalue weighted by Crippen LogP contribution is 2.22. The summed E-state index contributed by atoms with van der Waals surface area (Å²) in [7, 11) is -1.38. The molecule has 0 aliphatic heterocycles. The molecular weight excluding hydrogens is 246 g/mol. The SMILES string of the molecule is CON(C)S(=O)(=O)c1ccc(C(N)=O)cc1N. The van der Waals surface area contributed by atoms with E-state index >= 15 is 0 Å². The van der Waals surface area contributed by atoms with Gasteiger partial charge in [0.25, 0.3) is 10.0 Å². The van der Waals surface area contributed by atoms with E-state index in [4.69, 9.17) is 11.5 Å². The Morgan fingerprint density at radius 1 is 1.41 bits per heavy atom. The highest BCUT2D eigenvalue weighted by molar-refractivity contribution is 7.89. The topological polar surface area (TPSA) is 116 Å². The summed E-state index contributed by atoms with van der Waals surface area (Å²) in [5, 5.41) is 0. The van der Waals surface area contributed by atoms with Gasteiger partial charge >= 0.3 is 0 Å². The molecule has 0 atom stereocenters. The summed E-state index contributed by atoms with van der Waals surface area (Å²) >= 11 is 0. The van der Waals surface area contributed by atoms with Crippen molar-refractivity contribution in [3.05, 3.63) is 23.8 Å². The molecule has 0 saturated heterocycles. The van der Waals surface area contributed by atoms with Crippen LogP contribution >= 0.6 is 0 Å². The average molecular weight is 259 g/mol. The zero-order chi connectivity index (χ0) is 13.2. The van der Waals surface area contributed by atoms with Crippen molar-refractivity contribution in [3.8, 4) is 0 Å². The molecule has 94 valence electrons. The van der Waals surface area contributed by atoms with Crippen LogP contribution in [0.15, 0.2) is 23.1 Å². The minimum absolute atomic E-state index is 0.0646. The fourth-order valence-corrected chi connectivity index (χ4v) is 2.24. The van der Waals surface area contributed by atoms with E-state index in [1.165, 1.54) is 32.4 Å². The van der Waals surface area contributed by atoms with Crippen molar-refractivity contribution < 1.29 is 18.0 Å². The van der Waals surface area contributed by atoms with Crippen molar-refractivity contribution in [3.63, 3.8) is 0 Å². The predicted octanol–water partition coefficient (Wildman–Crippen LogP) is -0.450. The van der Waals surface area contributed by atoms with Crippen LogP contribution < -0.4 is 11.5 Å². The maximum Gasteiger partial charge on any atom is 0.266 e. The van der Waals surface area contributed by atoms with Crippen LogP contribution in [0.3, 0.4) is 0 Å². The van der Waals surface area contributed by atoms with Gasteiger partial charge in [-0.1, -0.05) is 4.47 Å². The molecule has 1 rings (SSSR count). The minimum atomic E-state index is -3.83. The molecule has 0 fully saturated rings. The summed E-state index contributed by atoms with van der Waals surface area (Å²) in [5.41, 5.74) is 10.7. The number of nitrogens with zero attached hydrogens (tertiary/aromatic N) is 1. The molecule has 0 saturated carbocycles. The van der Waals surface area contributed by atoms with E-state index in [1.807, 2.05) is 0 Å². The lowest BCUT2D eigenvalue weighted by Gasteiger charge is -2.15. The van der Waals surface area contributed by atoms with Crippen LogP contribution in [0.1, 0.15) is 10.4 Å². The quantitative estimate of drug-likeness (QED) is 0.561. The molecule has 0 aromatic heterocycles. The summed E-state index contributed by atoms with van der Waals surface area (Å²) < 4.78 is 24.4. The molecule has 1 aromatic carbocycles. The number of carbonyl (C=O) groups is 1. The second-order valence-corrected chi connectivity index (χ2v) is 5.12. The first-order valence-corrected chi connectivity index (χ1v) is 5.97. The van der Waals surface area contributed by atoms with Crippen LogP contribution in [-0.4, -0.2) is 33.0 Å². The molecular formula is C9H13N3O4S. The summed E-state index contributed by atoms with van der Waals surface area (Å²) in [4.78, 5) is 15.3. The molecule has 1 amide bonds. The number of primary amides is 1. The zero-order valence-corrected chi connectivity index (χ0v) is 10.2. The van der Waals surface area contributed by atoms with Gasteiger partial charge in [-0.05, 0) is 18.2 Å². The lowest BCUT2D eigenvalue weighted by Crippen LogP contribution is -2.26. The maximum absolute atomic E-state index is 11.9. The molecule has 8 heteroatoms. The molecule has 0 unspecified atom stereocenters. The van der Waals surface area contributed by atoms with Crippen molar-refractivity contribution >= 4 is 21.6 Å². The molecule has 0 bridgehead atoms. The molecule has 4 N–H and O–H groups in total. The summed E-state index contributed by atoms with van der Waals surface area (Å²) in [6.07, 6.45) is 0. The highest BCUT2D eigenvalue weighted by Gasteiger charge is 2.23. The monoisotopic (exact) mass is 259 g/mol. The number of anilines is 1. The lowest BCUT2D eigenvalue weighted by atomic mass is 10.2. The highest BCUT2D eigenvalue weighted by atomic mass is 32.2. The molecule has 17 heavy (non-hydrogen) atoms. The first-order valence-electron chi connectivity index (χ1n) is 4.53. The number of carbonyl (C=O) groups excluding carboxylic acids is 1. The molecule has 0 radical (unpaired) electrons. The standard InChI is InChI=1S/C9H13N3O4S/c1-12(16-2)17(14,15)8-4-3-6(9(11)13)5-7(8)10/h3-5H,10H2,1-2H3,(H2,11,13). The van der Waals surface area contributed by atoms with Gasteiger partial charge in [-0.15, -0.1) is 0 Å². The van der Waals surface area contributed by atoms with Crippen LogP contribution in [0.4, 0.5) is 5.69 Å². The fraction of sp³-hybridized carbons (Fsp3) is 0.222. The second-order valence-electron chi connectivity index (χ2n) is 3.21. The number of amides is 1. The summed E-state index contributed by atoms with van der Waals surface area (Å²) in [6, 6.07) is 3.70. The number of hydrogen-bond acceptors (Lipinski definition) is 5. The van der Waals surface area contributed by atoms with Crippen molar-refractivity contribution in [2.45, 2.75) is 4.90 Å². The van der Waals surface area contributed by atoms with Crippen molar-refractivity contribution in [1.82, 2.24) is 4.47 Å². The third kappa shape index (κ3) is 2.54. The number of benzene rings is 1. The number of nitrogens with two attached hydrogens (primary N) is 2. The van der Waals surface area contributed by atoms with E-state index in [0.717, 1.165) is 0 Å². The number of hydroxylamine groups is 1. The molecule has 1 aromatic rings. The Balaban J connectivity index is 3.31. The van der Waals surface area contributed by atoms with Crippen LogP contribution in [-0.2, 0) is 14.9 Å². The molecule has 0 aliphatic carbocycles. The lowest BCUT2D eigenvalue weighted by molar-refractivity contribution is -0.0258. The first kappa shape index (κ1) is 13.4. The van der Waals surface area contributed by atoms with Crippen LogP contribution in [0, 0.1) is 0 Å². The van der Waals surface area contributed by atoms with E-state index in [2.05, 4.69) is 4.84 Å². The van der Waals surface area contributed by atoms with E-state index in [-0.39, 0.29) is 16.1 Å². The van der Waals surface area contributed by atoms with Gasteiger partial charge in [0, 0.05) is 12.6 Å². The smallest absolute Gasteiger partial charge is 0.266 e. The van der Waals surface area contributed by atoms with Crippen LogP contribution in [0.2, 0.25) is 0 Å². The van der Waals surface area contributed by atoms with E-state index in [1.54, 1.807) is 0 Å². The Labute approximate surface area is 99.0 Å². The van der Waals surface area contributed by atoms with E-state index in [0.29, 0.717) is 4.47 Å². The number of hydrogen-bond donors (Lipinski definition) is 2. The van der Waals surface area contributed by atoms with Gasteiger partial charge in [0.05, 0.1) is 12.8 Å². The Bertz CT molecular complexity index is 541. The van der Waals surface area contributed by atoms with Crippen molar-refractivity contribution in [1.29, 1.82) is 0 Å². The van der Waals surface area contributed by atoms with E-state index < -0.39 is 15.9 Å². The maximum atomic E-state index is 11.9. The molecule has 0 heterocycles. The number of nitrogen functional groups attached to an aromatic ring is 1. The molecule has 7 nitrogen and oxygen atoms in total. The number of rotatable bonds is 4. The van der Waals surface area contributed by atoms with Gasteiger partial charge < -0.3 is 11.5 Å². The van der Waals surface area contributed by atoms with Crippen molar-refractivity contribution in [2.24, 2.45) is 5.73 Å². The zero-order valence-electron chi connectivity index (χ0n) is 9.38. The van der Waals surface area contributed by atoms with E-state index in [9.17, 15) is 13.2 Å². The normalized spacial score (nSPS) is 11.7. The fourth-order valence-electron chi connectivity index (χ4n) is 1.17. The Hall–Kier alpha value is -1.64. The van der Waals surface area contributed by atoms with Gasteiger partial charge in [0.1, 0.15) is 4.90 Å². The number of sulfonamides is 1. The second kappa shape index (κ2) is 4.70. The van der Waals surface area contributed by atoms with Crippen LogP contribution in [0.5, 0.6) is 0 Å². The average Bonchev–Trinajstić information content (AvgIpc) is 2.27. The summed E-state index contributed by atoms with van der Waals surface area (Å²) in [5.74, 6) is -0.680.